The molecule has 0 N–H and O–H groups in total. The van der Waals surface area contributed by atoms with Gasteiger partial charge >= 0.3 is 0 Å². The standard InChI is InChI=1S/C15H22N2O3/c1-3-19-11-15(18)17-8-6-13(7-9-17)20-14-5-4-12(2)16-10-14/h4-5,10,13H,3,6-9,11H2,1-2H3. The molecule has 5 heteroatoms. The Balaban J connectivity index is 1.76. The summed E-state index contributed by atoms with van der Waals surface area (Å²) < 4.78 is 11.0. The summed E-state index contributed by atoms with van der Waals surface area (Å²) >= 11 is 0. The number of piperidine rings is 1. The van der Waals surface area contributed by atoms with Gasteiger partial charge in [-0.15, -0.1) is 0 Å². The number of amides is 1. The predicted octanol–water partition coefficient (Wildman–Crippen LogP) is 1.80. The van der Waals surface area contributed by atoms with Crippen LogP contribution in [0.5, 0.6) is 5.75 Å². The number of carbonyl (C=O) groups is 1. The Kier molecular flexibility index (Phi) is 5.35. The van der Waals surface area contributed by atoms with E-state index in [2.05, 4.69) is 4.98 Å². The van der Waals surface area contributed by atoms with Crippen LogP contribution in [0.25, 0.3) is 0 Å². The molecule has 0 bridgehead atoms. The van der Waals surface area contributed by atoms with Crippen molar-refractivity contribution in [1.82, 2.24) is 9.88 Å². The molecule has 1 aliphatic rings. The molecule has 1 aromatic heterocycles. The molecular weight excluding hydrogens is 256 g/mol. The minimum Gasteiger partial charge on any atom is -0.489 e. The average Bonchev–Trinajstić information content (AvgIpc) is 2.48. The predicted molar refractivity (Wildman–Crippen MR) is 75.7 cm³/mol. The van der Waals surface area contributed by atoms with E-state index in [1.807, 2.05) is 30.9 Å². The molecule has 0 unspecified atom stereocenters. The van der Waals surface area contributed by atoms with Gasteiger partial charge in [-0.2, -0.15) is 0 Å². The number of carbonyl (C=O) groups excluding carboxylic acids is 1. The number of ether oxygens (including phenoxy) is 2. The van der Waals surface area contributed by atoms with Crippen LogP contribution in [0.15, 0.2) is 18.3 Å². The maximum Gasteiger partial charge on any atom is 0.248 e. The lowest BCUT2D eigenvalue weighted by molar-refractivity contribution is -0.137. The van der Waals surface area contributed by atoms with Crippen molar-refractivity contribution in [2.24, 2.45) is 0 Å². The van der Waals surface area contributed by atoms with E-state index in [-0.39, 0.29) is 18.6 Å². The molecule has 0 radical (unpaired) electrons. The fourth-order valence-corrected chi connectivity index (χ4v) is 2.22. The SMILES string of the molecule is CCOCC(=O)N1CCC(Oc2ccc(C)nc2)CC1. The first-order valence-electron chi connectivity index (χ1n) is 7.14. The van der Waals surface area contributed by atoms with E-state index in [4.69, 9.17) is 9.47 Å². The van der Waals surface area contributed by atoms with Crippen LogP contribution in [-0.4, -0.2) is 48.2 Å². The summed E-state index contributed by atoms with van der Waals surface area (Å²) in [6, 6.07) is 3.88. The van der Waals surface area contributed by atoms with Crippen molar-refractivity contribution in [3.8, 4) is 5.75 Å². The lowest BCUT2D eigenvalue weighted by Crippen LogP contribution is -2.43. The lowest BCUT2D eigenvalue weighted by atomic mass is 10.1. The van der Waals surface area contributed by atoms with Crippen molar-refractivity contribution in [2.75, 3.05) is 26.3 Å². The van der Waals surface area contributed by atoms with Gasteiger partial charge in [0, 0.05) is 38.2 Å². The van der Waals surface area contributed by atoms with Crippen LogP contribution in [-0.2, 0) is 9.53 Å². The second-order valence-electron chi connectivity index (χ2n) is 4.97. The highest BCUT2D eigenvalue weighted by molar-refractivity contribution is 5.77. The minimum atomic E-state index is 0.0716. The number of pyridine rings is 1. The van der Waals surface area contributed by atoms with Crippen molar-refractivity contribution < 1.29 is 14.3 Å². The van der Waals surface area contributed by atoms with E-state index < -0.39 is 0 Å². The lowest BCUT2D eigenvalue weighted by Gasteiger charge is -2.32. The second kappa shape index (κ2) is 7.24. The number of hydrogen-bond acceptors (Lipinski definition) is 4. The minimum absolute atomic E-state index is 0.0716. The zero-order valence-corrected chi connectivity index (χ0v) is 12.2. The second-order valence-corrected chi connectivity index (χ2v) is 4.97. The van der Waals surface area contributed by atoms with Gasteiger partial charge in [-0.3, -0.25) is 9.78 Å². The zero-order valence-electron chi connectivity index (χ0n) is 12.2. The van der Waals surface area contributed by atoms with Crippen molar-refractivity contribution in [1.29, 1.82) is 0 Å². The maximum atomic E-state index is 11.8. The highest BCUT2D eigenvalue weighted by atomic mass is 16.5. The Morgan fingerprint density at radius 3 is 2.75 bits per heavy atom. The van der Waals surface area contributed by atoms with Gasteiger partial charge < -0.3 is 14.4 Å². The number of aryl methyl sites for hydroxylation is 1. The van der Waals surface area contributed by atoms with Crippen LogP contribution in [0.1, 0.15) is 25.5 Å². The molecule has 0 aromatic carbocycles. The zero-order chi connectivity index (χ0) is 14.4. The highest BCUT2D eigenvalue weighted by Crippen LogP contribution is 2.18. The van der Waals surface area contributed by atoms with E-state index >= 15 is 0 Å². The molecule has 1 aromatic rings. The third kappa shape index (κ3) is 4.20. The summed E-state index contributed by atoms with van der Waals surface area (Å²) in [5, 5.41) is 0. The van der Waals surface area contributed by atoms with Crippen molar-refractivity contribution in [2.45, 2.75) is 32.8 Å². The molecule has 0 atom stereocenters. The fourth-order valence-electron chi connectivity index (χ4n) is 2.22. The topological polar surface area (TPSA) is 51.7 Å². The van der Waals surface area contributed by atoms with Gasteiger partial charge in [-0.25, -0.2) is 0 Å². The van der Waals surface area contributed by atoms with Crippen LogP contribution < -0.4 is 4.74 Å². The van der Waals surface area contributed by atoms with E-state index in [0.29, 0.717) is 6.61 Å². The third-order valence-electron chi connectivity index (χ3n) is 3.41. The van der Waals surface area contributed by atoms with Crippen LogP contribution in [0, 0.1) is 6.92 Å². The first-order valence-corrected chi connectivity index (χ1v) is 7.14. The number of rotatable bonds is 5. The maximum absolute atomic E-state index is 11.8. The van der Waals surface area contributed by atoms with Gasteiger partial charge in [0.05, 0.1) is 6.20 Å². The molecule has 2 rings (SSSR count). The van der Waals surface area contributed by atoms with Crippen molar-refractivity contribution >= 4 is 5.91 Å². The van der Waals surface area contributed by atoms with Crippen molar-refractivity contribution in [3.63, 3.8) is 0 Å². The van der Waals surface area contributed by atoms with Crippen LogP contribution in [0.3, 0.4) is 0 Å². The number of likely N-dealkylation sites (tertiary alicyclic amines) is 1. The van der Waals surface area contributed by atoms with E-state index in [9.17, 15) is 4.79 Å². The summed E-state index contributed by atoms with van der Waals surface area (Å²) in [6.07, 6.45) is 3.62. The molecule has 1 amide bonds. The Bertz CT molecular complexity index is 425. The highest BCUT2D eigenvalue weighted by Gasteiger charge is 2.23. The largest absolute Gasteiger partial charge is 0.489 e. The molecule has 0 saturated carbocycles. The van der Waals surface area contributed by atoms with E-state index in [0.717, 1.165) is 37.4 Å². The molecule has 5 nitrogen and oxygen atoms in total. The van der Waals surface area contributed by atoms with Gasteiger partial charge in [0.2, 0.25) is 5.91 Å². The first kappa shape index (κ1) is 14.8. The number of hydrogen-bond donors (Lipinski definition) is 0. The Labute approximate surface area is 119 Å². The molecule has 110 valence electrons. The molecular formula is C15H22N2O3. The molecule has 1 saturated heterocycles. The summed E-state index contributed by atoms with van der Waals surface area (Å²) in [5.74, 6) is 0.872. The quantitative estimate of drug-likeness (QED) is 0.824. The Morgan fingerprint density at radius 2 is 2.15 bits per heavy atom. The third-order valence-corrected chi connectivity index (χ3v) is 3.41. The average molecular weight is 278 g/mol. The monoisotopic (exact) mass is 278 g/mol. The van der Waals surface area contributed by atoms with Gasteiger partial charge in [-0.05, 0) is 26.0 Å². The van der Waals surface area contributed by atoms with Gasteiger partial charge in [-0.1, -0.05) is 0 Å². The Morgan fingerprint density at radius 1 is 1.40 bits per heavy atom. The van der Waals surface area contributed by atoms with Crippen LogP contribution in [0.2, 0.25) is 0 Å². The summed E-state index contributed by atoms with van der Waals surface area (Å²) in [6.45, 7) is 6.07. The first-order chi connectivity index (χ1) is 9.69. The van der Waals surface area contributed by atoms with Gasteiger partial charge in [0.1, 0.15) is 18.5 Å². The summed E-state index contributed by atoms with van der Waals surface area (Å²) in [5.41, 5.74) is 0.980. The molecule has 1 aliphatic heterocycles. The van der Waals surface area contributed by atoms with Crippen LogP contribution in [0.4, 0.5) is 0 Å². The smallest absolute Gasteiger partial charge is 0.248 e. The molecule has 0 aliphatic carbocycles. The van der Waals surface area contributed by atoms with E-state index in [1.165, 1.54) is 0 Å². The number of aromatic nitrogens is 1. The molecule has 1 fully saturated rings. The van der Waals surface area contributed by atoms with Crippen molar-refractivity contribution in [3.05, 3.63) is 24.0 Å². The molecule has 20 heavy (non-hydrogen) atoms. The molecule has 0 spiro atoms. The van der Waals surface area contributed by atoms with Gasteiger partial charge in [0.25, 0.3) is 0 Å². The van der Waals surface area contributed by atoms with Gasteiger partial charge in [0.15, 0.2) is 0 Å². The summed E-state index contributed by atoms with van der Waals surface area (Å²) in [7, 11) is 0. The number of nitrogens with zero attached hydrogens (tertiary/aromatic N) is 2. The normalized spacial score (nSPS) is 16.2. The fraction of sp³-hybridized carbons (Fsp3) is 0.600. The van der Waals surface area contributed by atoms with E-state index in [1.54, 1.807) is 6.20 Å². The summed E-state index contributed by atoms with van der Waals surface area (Å²) in [4.78, 5) is 17.9. The van der Waals surface area contributed by atoms with Crippen LogP contribution >= 0.6 is 0 Å². The Hall–Kier alpha value is -1.62. The molecule has 2 heterocycles.